The van der Waals surface area contributed by atoms with Crippen LogP contribution in [0.1, 0.15) is 58.8 Å². The van der Waals surface area contributed by atoms with Crippen LogP contribution in [-0.2, 0) is 24.2 Å². The van der Waals surface area contributed by atoms with Crippen molar-refractivity contribution in [3.8, 4) is 0 Å². The van der Waals surface area contributed by atoms with Gasteiger partial charge in [0.25, 0.3) is 5.91 Å². The fourth-order valence-electron chi connectivity index (χ4n) is 6.40. The molecule has 0 spiro atoms. The van der Waals surface area contributed by atoms with Crippen molar-refractivity contribution < 1.29 is 22.7 Å². The monoisotopic (exact) mass is 455 g/mol. The molecule has 4 rings (SSSR count). The van der Waals surface area contributed by atoms with Gasteiger partial charge in [-0.2, -0.15) is 0 Å². The SMILES string of the molecule is CC(=O)N1C2CCC(C3CCC(S(C)(=O)=O)CN3)CC2N(C(=O)C2CCCO2)C[C@@H]1C. The van der Waals surface area contributed by atoms with E-state index < -0.39 is 9.84 Å². The van der Waals surface area contributed by atoms with Gasteiger partial charge in [-0.15, -0.1) is 0 Å². The van der Waals surface area contributed by atoms with Gasteiger partial charge in [0, 0.05) is 45.0 Å². The van der Waals surface area contributed by atoms with Crippen LogP contribution in [0.15, 0.2) is 0 Å². The number of rotatable bonds is 3. The van der Waals surface area contributed by atoms with E-state index in [4.69, 9.17) is 4.74 Å². The van der Waals surface area contributed by atoms with Gasteiger partial charge >= 0.3 is 0 Å². The van der Waals surface area contributed by atoms with E-state index in [-0.39, 0.29) is 47.3 Å². The zero-order valence-electron chi connectivity index (χ0n) is 19.0. The Balaban J connectivity index is 1.50. The van der Waals surface area contributed by atoms with Crippen molar-refractivity contribution in [1.82, 2.24) is 15.1 Å². The molecule has 176 valence electrons. The maximum atomic E-state index is 13.3. The lowest BCUT2D eigenvalue weighted by atomic mass is 9.74. The topological polar surface area (TPSA) is 96.0 Å². The second-order valence-electron chi connectivity index (χ2n) is 10.0. The number of hydrogen-bond donors (Lipinski definition) is 1. The number of nitrogens with zero attached hydrogens (tertiary/aromatic N) is 2. The fourth-order valence-corrected chi connectivity index (χ4v) is 7.36. The van der Waals surface area contributed by atoms with Crippen molar-refractivity contribution in [2.24, 2.45) is 5.92 Å². The molecule has 6 unspecified atom stereocenters. The fraction of sp³-hybridized carbons (Fsp3) is 0.909. The Kier molecular flexibility index (Phi) is 6.66. The van der Waals surface area contributed by atoms with Crippen LogP contribution in [0.5, 0.6) is 0 Å². The van der Waals surface area contributed by atoms with Crippen LogP contribution < -0.4 is 5.32 Å². The molecule has 4 aliphatic rings. The molecule has 3 aliphatic heterocycles. The van der Waals surface area contributed by atoms with E-state index in [0.29, 0.717) is 32.0 Å². The maximum absolute atomic E-state index is 13.3. The van der Waals surface area contributed by atoms with E-state index in [1.54, 1.807) is 6.92 Å². The number of amides is 2. The van der Waals surface area contributed by atoms with E-state index in [9.17, 15) is 18.0 Å². The van der Waals surface area contributed by atoms with Crippen LogP contribution in [0.2, 0.25) is 0 Å². The Morgan fingerprint density at radius 3 is 2.42 bits per heavy atom. The molecule has 0 aromatic carbocycles. The van der Waals surface area contributed by atoms with Crippen LogP contribution >= 0.6 is 0 Å². The number of nitrogens with one attached hydrogen (secondary N) is 1. The molecular weight excluding hydrogens is 418 g/mol. The highest BCUT2D eigenvalue weighted by molar-refractivity contribution is 7.91. The molecule has 3 saturated heterocycles. The summed E-state index contributed by atoms with van der Waals surface area (Å²) in [6.07, 6.45) is 6.91. The Morgan fingerprint density at radius 2 is 1.84 bits per heavy atom. The number of carbonyl (C=O) groups is 2. The predicted molar refractivity (Wildman–Crippen MR) is 117 cm³/mol. The van der Waals surface area contributed by atoms with E-state index in [1.807, 2.05) is 16.7 Å². The molecule has 2 amide bonds. The van der Waals surface area contributed by atoms with Gasteiger partial charge in [-0.05, 0) is 57.8 Å². The minimum Gasteiger partial charge on any atom is -0.368 e. The average molecular weight is 456 g/mol. The lowest BCUT2D eigenvalue weighted by molar-refractivity contribution is -0.160. The van der Waals surface area contributed by atoms with Gasteiger partial charge in [-0.1, -0.05) is 0 Å². The Hall–Kier alpha value is -1.19. The molecule has 0 radical (unpaired) electrons. The van der Waals surface area contributed by atoms with Crippen molar-refractivity contribution in [2.75, 3.05) is 26.0 Å². The smallest absolute Gasteiger partial charge is 0.252 e. The van der Waals surface area contributed by atoms with Crippen molar-refractivity contribution in [2.45, 2.75) is 94.3 Å². The first-order valence-electron chi connectivity index (χ1n) is 11.8. The summed E-state index contributed by atoms with van der Waals surface area (Å²) in [5.74, 6) is 0.540. The van der Waals surface area contributed by atoms with Gasteiger partial charge < -0.3 is 19.9 Å². The van der Waals surface area contributed by atoms with Crippen molar-refractivity contribution >= 4 is 21.7 Å². The summed E-state index contributed by atoms with van der Waals surface area (Å²) in [7, 11) is -3.02. The van der Waals surface area contributed by atoms with E-state index in [0.717, 1.165) is 38.5 Å². The largest absolute Gasteiger partial charge is 0.368 e. The molecule has 0 aromatic rings. The highest BCUT2D eigenvalue weighted by atomic mass is 32.2. The standard InChI is InChI=1S/C22H37N3O5S/c1-14-13-24(22(27)21-5-4-10-30-21)20-11-16(6-9-19(20)25(14)15(2)26)18-8-7-17(12-23-18)31(3,28)29/h14,16-21,23H,4-13H2,1-3H3/t14-,16?,17?,18?,19?,20?,21?/m0/s1. The molecule has 1 saturated carbocycles. The maximum Gasteiger partial charge on any atom is 0.252 e. The number of fused-ring (bicyclic) bond motifs is 1. The number of hydrogen-bond acceptors (Lipinski definition) is 6. The minimum atomic E-state index is -3.02. The van der Waals surface area contributed by atoms with Gasteiger partial charge in [-0.3, -0.25) is 9.59 Å². The van der Waals surface area contributed by atoms with E-state index in [1.165, 1.54) is 6.26 Å². The highest BCUT2D eigenvalue weighted by Gasteiger charge is 2.49. The normalized spacial score (nSPS) is 39.3. The first kappa shape index (κ1) is 23.0. The number of carbonyl (C=O) groups excluding carboxylic acids is 2. The second kappa shape index (κ2) is 8.98. The summed E-state index contributed by atoms with van der Waals surface area (Å²) in [5, 5.41) is 3.19. The minimum absolute atomic E-state index is 0.00368. The van der Waals surface area contributed by atoms with Gasteiger partial charge in [0.05, 0.1) is 17.3 Å². The molecule has 31 heavy (non-hydrogen) atoms. The summed E-state index contributed by atoms with van der Waals surface area (Å²) in [6, 6.07) is 0.327. The van der Waals surface area contributed by atoms with Crippen LogP contribution in [0.25, 0.3) is 0 Å². The molecule has 7 atom stereocenters. The van der Waals surface area contributed by atoms with Gasteiger partial charge in [0.1, 0.15) is 6.10 Å². The second-order valence-corrected chi connectivity index (χ2v) is 12.3. The summed E-state index contributed by atoms with van der Waals surface area (Å²) in [4.78, 5) is 29.8. The average Bonchev–Trinajstić information content (AvgIpc) is 3.26. The van der Waals surface area contributed by atoms with Gasteiger partial charge in [-0.25, -0.2) is 8.42 Å². The summed E-state index contributed by atoms with van der Waals surface area (Å²) in [5.41, 5.74) is 0. The van der Waals surface area contributed by atoms with Crippen LogP contribution in [0.3, 0.4) is 0 Å². The molecule has 1 N–H and O–H groups in total. The highest BCUT2D eigenvalue weighted by Crippen LogP contribution is 2.39. The number of ether oxygens (including phenoxy) is 1. The first-order chi connectivity index (χ1) is 14.7. The third-order valence-corrected chi connectivity index (χ3v) is 9.56. The zero-order chi connectivity index (χ0) is 22.3. The lowest BCUT2D eigenvalue weighted by Gasteiger charge is -2.55. The van der Waals surface area contributed by atoms with Crippen LogP contribution in [0.4, 0.5) is 0 Å². The predicted octanol–water partition coefficient (Wildman–Crippen LogP) is 0.947. The molecule has 1 aliphatic carbocycles. The summed E-state index contributed by atoms with van der Waals surface area (Å²) < 4.78 is 29.5. The number of piperidine rings is 1. The van der Waals surface area contributed by atoms with Gasteiger partial charge in [0.2, 0.25) is 5.91 Å². The van der Waals surface area contributed by atoms with Crippen molar-refractivity contribution in [1.29, 1.82) is 0 Å². The molecular formula is C22H37N3O5S. The molecule has 9 heteroatoms. The third kappa shape index (κ3) is 4.64. The Morgan fingerprint density at radius 1 is 1.06 bits per heavy atom. The van der Waals surface area contributed by atoms with E-state index in [2.05, 4.69) is 5.32 Å². The first-order valence-corrected chi connectivity index (χ1v) is 13.8. The van der Waals surface area contributed by atoms with E-state index >= 15 is 0 Å². The number of sulfone groups is 1. The Labute approximate surface area is 186 Å². The van der Waals surface area contributed by atoms with Crippen LogP contribution in [-0.4, -0.2) is 91.5 Å². The molecule has 3 heterocycles. The van der Waals surface area contributed by atoms with Gasteiger partial charge in [0.15, 0.2) is 9.84 Å². The third-order valence-electron chi connectivity index (χ3n) is 7.95. The molecule has 0 bridgehead atoms. The number of piperazine rings is 1. The molecule has 0 aromatic heterocycles. The van der Waals surface area contributed by atoms with Crippen molar-refractivity contribution in [3.63, 3.8) is 0 Å². The Bertz CT molecular complexity index is 789. The lowest BCUT2D eigenvalue weighted by Crippen LogP contribution is -2.68. The summed E-state index contributed by atoms with van der Waals surface area (Å²) >= 11 is 0. The zero-order valence-corrected chi connectivity index (χ0v) is 19.8. The van der Waals surface area contributed by atoms with Crippen LogP contribution in [0, 0.1) is 5.92 Å². The molecule has 4 fully saturated rings. The summed E-state index contributed by atoms with van der Waals surface area (Å²) in [6.45, 7) is 5.37. The van der Waals surface area contributed by atoms with Crippen molar-refractivity contribution in [3.05, 3.63) is 0 Å². The molecule has 8 nitrogen and oxygen atoms in total. The quantitative estimate of drug-likeness (QED) is 0.681.